The molecule has 1 unspecified atom stereocenters. The molecule has 2 aromatic carbocycles. The first-order chi connectivity index (χ1) is 14.7. The van der Waals surface area contributed by atoms with Crippen molar-refractivity contribution in [3.8, 4) is 0 Å². The molecule has 3 aromatic rings. The Balaban J connectivity index is 1.48. The second-order valence-electron chi connectivity index (χ2n) is 8.03. The van der Waals surface area contributed by atoms with Gasteiger partial charge in [0.05, 0.1) is 11.0 Å². The Morgan fingerprint density at radius 3 is 2.58 bits per heavy atom. The van der Waals surface area contributed by atoms with E-state index in [0.29, 0.717) is 11.7 Å². The lowest BCUT2D eigenvalue weighted by Gasteiger charge is -2.28. The molecule has 0 saturated carbocycles. The molecule has 1 amide bonds. The summed E-state index contributed by atoms with van der Waals surface area (Å²) in [5.41, 5.74) is 2.73. The number of imidazole rings is 1. The van der Waals surface area contributed by atoms with Gasteiger partial charge in [-0.3, -0.25) is 9.79 Å². The first-order valence-electron chi connectivity index (χ1n) is 10.1. The van der Waals surface area contributed by atoms with Crippen molar-refractivity contribution >= 4 is 40.4 Å². The van der Waals surface area contributed by atoms with Gasteiger partial charge in [0, 0.05) is 36.8 Å². The molecule has 2 heterocycles. The minimum Gasteiger partial charge on any atom is -0.359 e. The van der Waals surface area contributed by atoms with Gasteiger partial charge < -0.3 is 20.5 Å². The topological polar surface area (TPSA) is 85.4 Å². The summed E-state index contributed by atoms with van der Waals surface area (Å²) in [4.78, 5) is 27.3. The van der Waals surface area contributed by atoms with Crippen molar-refractivity contribution in [3.63, 3.8) is 0 Å². The van der Waals surface area contributed by atoms with Crippen molar-refractivity contribution in [1.29, 1.82) is 0 Å². The summed E-state index contributed by atoms with van der Waals surface area (Å²) in [6.07, 6.45) is 3.33. The second kappa shape index (κ2) is 7.86. The highest BCUT2D eigenvalue weighted by atomic mass is 19.1. The molecule has 0 saturated heterocycles. The quantitative estimate of drug-likeness (QED) is 0.584. The third-order valence-electron chi connectivity index (χ3n) is 5.43. The van der Waals surface area contributed by atoms with E-state index in [1.54, 1.807) is 31.5 Å². The number of aliphatic imine (C=N–C) groups is 1. The van der Waals surface area contributed by atoms with E-state index < -0.39 is 5.66 Å². The molecule has 0 fully saturated rings. The molecule has 31 heavy (non-hydrogen) atoms. The van der Waals surface area contributed by atoms with E-state index in [1.807, 2.05) is 30.1 Å². The van der Waals surface area contributed by atoms with Gasteiger partial charge in [-0.2, -0.15) is 0 Å². The van der Waals surface area contributed by atoms with Crippen LogP contribution in [0.4, 0.5) is 16.0 Å². The van der Waals surface area contributed by atoms with Crippen LogP contribution in [0.2, 0.25) is 0 Å². The van der Waals surface area contributed by atoms with Crippen LogP contribution in [0.5, 0.6) is 0 Å². The average molecular weight is 420 g/mol. The number of aromatic amines is 1. The van der Waals surface area contributed by atoms with Crippen LogP contribution in [0.1, 0.15) is 26.3 Å². The fourth-order valence-corrected chi connectivity index (χ4v) is 3.15. The molecule has 1 aromatic heterocycles. The summed E-state index contributed by atoms with van der Waals surface area (Å²) in [6.45, 7) is 5.88. The SMILES string of the molecule is CC(C)N(C)c1nc2ccc(NC(=O)C3(C)N=CC(c4ccc(F)cc4)=CN3)cc2[nH]1. The molecule has 8 heteroatoms. The predicted octanol–water partition coefficient (Wildman–Crippen LogP) is 3.92. The van der Waals surface area contributed by atoms with E-state index in [9.17, 15) is 9.18 Å². The Bertz CT molecular complexity index is 1180. The third-order valence-corrected chi connectivity index (χ3v) is 5.43. The zero-order valence-corrected chi connectivity index (χ0v) is 17.9. The lowest BCUT2D eigenvalue weighted by molar-refractivity contribution is -0.121. The molecule has 1 aliphatic rings. The van der Waals surface area contributed by atoms with Gasteiger partial charge in [0.25, 0.3) is 5.91 Å². The lowest BCUT2D eigenvalue weighted by Crippen LogP contribution is -2.50. The third kappa shape index (κ3) is 4.14. The number of hydrogen-bond donors (Lipinski definition) is 3. The highest BCUT2D eigenvalue weighted by Crippen LogP contribution is 2.24. The van der Waals surface area contributed by atoms with Gasteiger partial charge in [-0.15, -0.1) is 0 Å². The molecule has 1 atom stereocenters. The average Bonchev–Trinajstić information content (AvgIpc) is 3.17. The van der Waals surface area contributed by atoms with Gasteiger partial charge in [0.2, 0.25) is 11.6 Å². The Morgan fingerprint density at radius 1 is 1.19 bits per heavy atom. The monoisotopic (exact) mass is 420 g/mol. The standard InChI is InChI=1S/C23H25FN6O/c1-14(2)30(4)22-28-19-10-9-18(11-20(19)29-22)27-21(31)23(3)25-12-16(13-26-23)15-5-7-17(24)8-6-15/h5-14,25H,1-4H3,(H,27,31)(H,28,29). The molecule has 7 nitrogen and oxygen atoms in total. The molecule has 1 aliphatic heterocycles. The van der Waals surface area contributed by atoms with Crippen LogP contribution in [0.25, 0.3) is 16.6 Å². The summed E-state index contributed by atoms with van der Waals surface area (Å²) in [5.74, 6) is 0.181. The maximum absolute atomic E-state index is 13.1. The summed E-state index contributed by atoms with van der Waals surface area (Å²) in [7, 11) is 1.98. The number of aromatic nitrogens is 2. The zero-order valence-electron chi connectivity index (χ0n) is 17.9. The van der Waals surface area contributed by atoms with E-state index in [-0.39, 0.29) is 11.7 Å². The van der Waals surface area contributed by atoms with Crippen LogP contribution in [0.15, 0.2) is 53.7 Å². The summed E-state index contributed by atoms with van der Waals surface area (Å²) in [6, 6.07) is 12.0. The normalized spacial score (nSPS) is 18.1. The fourth-order valence-electron chi connectivity index (χ4n) is 3.15. The second-order valence-corrected chi connectivity index (χ2v) is 8.03. The Morgan fingerprint density at radius 2 is 1.94 bits per heavy atom. The first-order valence-corrected chi connectivity index (χ1v) is 10.1. The molecule has 0 aliphatic carbocycles. The van der Waals surface area contributed by atoms with E-state index in [4.69, 9.17) is 0 Å². The minimum absolute atomic E-state index is 0.295. The molecule has 0 radical (unpaired) electrons. The molecular formula is C23H25FN6O. The first kappa shape index (κ1) is 20.6. The number of nitrogens with zero attached hydrogens (tertiary/aromatic N) is 3. The van der Waals surface area contributed by atoms with Crippen molar-refractivity contribution in [2.24, 2.45) is 4.99 Å². The van der Waals surface area contributed by atoms with E-state index in [1.165, 1.54) is 12.1 Å². The molecular weight excluding hydrogens is 395 g/mol. The fraction of sp³-hybridized carbons (Fsp3) is 0.261. The van der Waals surface area contributed by atoms with Gasteiger partial charge in [0.15, 0.2) is 0 Å². The summed E-state index contributed by atoms with van der Waals surface area (Å²) < 4.78 is 13.1. The number of anilines is 2. The number of halogens is 1. The Hall–Kier alpha value is -3.68. The van der Waals surface area contributed by atoms with Gasteiger partial charge in [-0.05, 0) is 56.7 Å². The number of fused-ring (bicyclic) bond motifs is 1. The van der Waals surface area contributed by atoms with Gasteiger partial charge >= 0.3 is 0 Å². The van der Waals surface area contributed by atoms with E-state index in [2.05, 4.69) is 39.4 Å². The number of carbonyl (C=O) groups excluding carboxylic acids is 1. The van der Waals surface area contributed by atoms with Crippen LogP contribution in [0, 0.1) is 5.82 Å². The van der Waals surface area contributed by atoms with Crippen molar-refractivity contribution in [2.75, 3.05) is 17.3 Å². The zero-order chi connectivity index (χ0) is 22.2. The maximum Gasteiger partial charge on any atom is 0.272 e. The van der Waals surface area contributed by atoms with Gasteiger partial charge in [-0.1, -0.05) is 12.1 Å². The van der Waals surface area contributed by atoms with E-state index >= 15 is 0 Å². The van der Waals surface area contributed by atoms with Crippen LogP contribution < -0.4 is 15.5 Å². The maximum atomic E-state index is 13.1. The van der Waals surface area contributed by atoms with Crippen molar-refractivity contribution < 1.29 is 9.18 Å². The van der Waals surface area contributed by atoms with Crippen molar-refractivity contribution in [2.45, 2.75) is 32.5 Å². The van der Waals surface area contributed by atoms with Crippen LogP contribution >= 0.6 is 0 Å². The van der Waals surface area contributed by atoms with E-state index in [0.717, 1.165) is 28.1 Å². The van der Waals surface area contributed by atoms with Crippen molar-refractivity contribution in [3.05, 3.63) is 60.0 Å². The van der Waals surface area contributed by atoms with Gasteiger partial charge in [0.1, 0.15) is 5.82 Å². The number of rotatable bonds is 5. The molecule has 4 rings (SSSR count). The number of H-pyrrole nitrogens is 1. The van der Waals surface area contributed by atoms with Crippen LogP contribution in [-0.4, -0.2) is 40.8 Å². The van der Waals surface area contributed by atoms with Crippen molar-refractivity contribution in [1.82, 2.24) is 15.3 Å². The predicted molar refractivity (Wildman–Crippen MR) is 123 cm³/mol. The number of benzene rings is 2. The largest absolute Gasteiger partial charge is 0.359 e. The Kier molecular flexibility index (Phi) is 5.22. The highest BCUT2D eigenvalue weighted by Gasteiger charge is 2.33. The lowest BCUT2D eigenvalue weighted by atomic mass is 10.0. The molecule has 0 spiro atoms. The number of allylic oxidation sites excluding steroid dienone is 1. The van der Waals surface area contributed by atoms with Crippen LogP contribution in [-0.2, 0) is 4.79 Å². The minimum atomic E-state index is -1.16. The summed E-state index contributed by atoms with van der Waals surface area (Å²) >= 11 is 0. The molecule has 0 bridgehead atoms. The highest BCUT2D eigenvalue weighted by molar-refractivity contribution is 6.12. The smallest absolute Gasteiger partial charge is 0.272 e. The Labute approximate surface area is 180 Å². The summed E-state index contributed by atoms with van der Waals surface area (Å²) in [5, 5.41) is 5.97. The number of carbonyl (C=O) groups is 1. The number of nitrogens with one attached hydrogen (secondary N) is 3. The number of amides is 1. The van der Waals surface area contributed by atoms with Crippen LogP contribution in [0.3, 0.4) is 0 Å². The molecule has 160 valence electrons. The number of hydrogen-bond acceptors (Lipinski definition) is 5. The van der Waals surface area contributed by atoms with Gasteiger partial charge in [-0.25, -0.2) is 9.37 Å². The molecule has 3 N–H and O–H groups in total.